The van der Waals surface area contributed by atoms with Crippen molar-refractivity contribution in [2.45, 2.75) is 13.1 Å². The molecule has 0 spiro atoms. The van der Waals surface area contributed by atoms with Gasteiger partial charge in [-0.2, -0.15) is 0 Å². The van der Waals surface area contributed by atoms with Gasteiger partial charge in [-0.1, -0.05) is 165 Å². The van der Waals surface area contributed by atoms with Crippen molar-refractivity contribution in [3.63, 3.8) is 0 Å². The molecule has 0 fully saturated rings. The van der Waals surface area contributed by atoms with E-state index in [0.717, 1.165) is 21.9 Å². The van der Waals surface area contributed by atoms with Gasteiger partial charge in [-0.05, 0) is 162 Å². The molecule has 0 aliphatic carbocycles. The molecule has 0 saturated heterocycles. The van der Waals surface area contributed by atoms with Gasteiger partial charge in [0.15, 0.2) is 0 Å². The van der Waals surface area contributed by atoms with Gasteiger partial charge in [-0.15, -0.1) is 0 Å². The Morgan fingerprint density at radius 3 is 1.31 bits per heavy atom. The molecule has 0 unspecified atom stereocenters. The van der Waals surface area contributed by atoms with Crippen LogP contribution in [-0.4, -0.2) is 8.07 Å². The Kier molecular flexibility index (Phi) is 6.78. The van der Waals surface area contributed by atoms with E-state index in [1.54, 1.807) is 0 Å². The normalized spacial score (nSPS) is 13.5. The number of hydrogen-bond acceptors (Lipinski definition) is 1. The summed E-state index contributed by atoms with van der Waals surface area (Å²) in [5, 5.41) is 23.4. The van der Waals surface area contributed by atoms with Crippen molar-refractivity contribution >= 4 is 116 Å². The van der Waals surface area contributed by atoms with Gasteiger partial charge >= 0.3 is 0 Å². The van der Waals surface area contributed by atoms with Crippen molar-refractivity contribution < 1.29 is 4.42 Å². The summed E-state index contributed by atoms with van der Waals surface area (Å²) in [7, 11) is -2.13. The zero-order chi connectivity index (χ0) is 40.8. The Morgan fingerprint density at radius 2 is 0.710 bits per heavy atom. The smallest absolute Gasteiger partial charge is 0.136 e. The van der Waals surface area contributed by atoms with Crippen LogP contribution in [0.3, 0.4) is 0 Å². The fourth-order valence-electron chi connectivity index (χ4n) is 11.4. The highest BCUT2D eigenvalue weighted by molar-refractivity contribution is 7.04. The SMILES string of the molecule is C[Si]1(C)c2cc(-c3c4ccccc4c(-c4ccc5oc6cc7ccccc7cc6c5c4)c4ccccc34)ccc2-c2cc3c(cc21)c1ccccc1c1cc2ccccc2cc31. The minimum Gasteiger partial charge on any atom is -0.456 e. The molecule has 0 bridgehead atoms. The van der Waals surface area contributed by atoms with Crippen LogP contribution in [0.2, 0.25) is 13.1 Å². The van der Waals surface area contributed by atoms with Crippen LogP contribution in [0, 0.1) is 0 Å². The Balaban J connectivity index is 0.983. The maximum Gasteiger partial charge on any atom is 0.136 e. The molecule has 0 atom stereocenters. The summed E-state index contributed by atoms with van der Waals surface area (Å²) >= 11 is 0. The molecule has 1 aliphatic rings. The van der Waals surface area contributed by atoms with E-state index >= 15 is 0 Å². The Morgan fingerprint density at radius 1 is 0.290 bits per heavy atom. The molecule has 1 nitrogen and oxygen atoms in total. The predicted molar refractivity (Wildman–Crippen MR) is 269 cm³/mol. The molecule has 1 aliphatic heterocycles. The molecule has 13 aromatic rings. The molecule has 288 valence electrons. The van der Waals surface area contributed by atoms with Crippen LogP contribution >= 0.6 is 0 Å². The third-order valence-electron chi connectivity index (χ3n) is 14.3. The number of hydrogen-bond donors (Lipinski definition) is 0. The second kappa shape index (κ2) is 12.3. The number of furan rings is 1. The summed E-state index contributed by atoms with van der Waals surface area (Å²) < 4.78 is 6.46. The zero-order valence-corrected chi connectivity index (χ0v) is 35.4. The quantitative estimate of drug-likeness (QED) is 0.0964. The van der Waals surface area contributed by atoms with Crippen LogP contribution in [0.5, 0.6) is 0 Å². The third-order valence-corrected chi connectivity index (χ3v) is 17.9. The van der Waals surface area contributed by atoms with Crippen molar-refractivity contribution in [3.05, 3.63) is 194 Å². The van der Waals surface area contributed by atoms with Gasteiger partial charge in [0, 0.05) is 10.8 Å². The van der Waals surface area contributed by atoms with E-state index in [0.29, 0.717) is 0 Å². The number of fused-ring (bicyclic) bond motifs is 16. The van der Waals surface area contributed by atoms with Crippen LogP contribution in [0.15, 0.2) is 199 Å². The molecule has 0 N–H and O–H groups in total. The summed E-state index contributed by atoms with van der Waals surface area (Å²) in [6.07, 6.45) is 0. The molecular formula is C60H38OSi. The highest BCUT2D eigenvalue weighted by atomic mass is 28.3. The Labute approximate surface area is 359 Å². The monoisotopic (exact) mass is 802 g/mol. The summed E-state index contributed by atoms with van der Waals surface area (Å²) in [6, 6.07) is 73.0. The lowest BCUT2D eigenvalue weighted by Gasteiger charge is -2.22. The van der Waals surface area contributed by atoms with Crippen LogP contribution < -0.4 is 10.4 Å². The number of benzene rings is 12. The topological polar surface area (TPSA) is 13.1 Å². The lowest BCUT2D eigenvalue weighted by Crippen LogP contribution is -2.49. The van der Waals surface area contributed by atoms with Gasteiger partial charge in [0.25, 0.3) is 0 Å². The Bertz CT molecular complexity index is 4070. The fourth-order valence-corrected chi connectivity index (χ4v) is 14.5. The average molecular weight is 803 g/mol. The molecule has 0 saturated carbocycles. The van der Waals surface area contributed by atoms with Crippen molar-refractivity contribution in [1.82, 2.24) is 0 Å². The van der Waals surface area contributed by atoms with Crippen LogP contribution in [-0.2, 0) is 0 Å². The van der Waals surface area contributed by atoms with Crippen molar-refractivity contribution in [1.29, 1.82) is 0 Å². The number of rotatable bonds is 2. The summed E-state index contributed by atoms with van der Waals surface area (Å²) in [5.41, 5.74) is 9.69. The summed E-state index contributed by atoms with van der Waals surface area (Å²) in [6.45, 7) is 5.11. The summed E-state index contributed by atoms with van der Waals surface area (Å²) in [4.78, 5) is 0. The van der Waals surface area contributed by atoms with Crippen molar-refractivity contribution in [2.24, 2.45) is 0 Å². The van der Waals surface area contributed by atoms with Crippen LogP contribution in [0.25, 0.3) is 131 Å². The van der Waals surface area contributed by atoms with Gasteiger partial charge in [-0.25, -0.2) is 0 Å². The zero-order valence-electron chi connectivity index (χ0n) is 34.4. The van der Waals surface area contributed by atoms with E-state index in [4.69, 9.17) is 4.42 Å². The summed E-state index contributed by atoms with van der Waals surface area (Å²) in [5.74, 6) is 0. The maximum absolute atomic E-state index is 6.46. The minimum atomic E-state index is -2.13. The van der Waals surface area contributed by atoms with E-state index in [1.165, 1.54) is 119 Å². The van der Waals surface area contributed by atoms with E-state index in [-0.39, 0.29) is 0 Å². The molecule has 62 heavy (non-hydrogen) atoms. The fraction of sp³-hybridized carbons (Fsp3) is 0.0333. The average Bonchev–Trinajstić information content (AvgIpc) is 3.78. The first-order valence-corrected chi connectivity index (χ1v) is 24.7. The van der Waals surface area contributed by atoms with Gasteiger partial charge in [-0.3, -0.25) is 0 Å². The second-order valence-corrected chi connectivity index (χ2v) is 22.3. The lowest BCUT2D eigenvalue weighted by molar-refractivity contribution is 0.669. The first kappa shape index (κ1) is 34.2. The van der Waals surface area contributed by atoms with E-state index in [2.05, 4.69) is 207 Å². The van der Waals surface area contributed by atoms with Crippen molar-refractivity contribution in [2.75, 3.05) is 0 Å². The van der Waals surface area contributed by atoms with Gasteiger partial charge in [0.05, 0.1) is 0 Å². The van der Waals surface area contributed by atoms with E-state index in [1.807, 2.05) is 0 Å². The van der Waals surface area contributed by atoms with E-state index < -0.39 is 8.07 Å². The molecule has 1 aromatic heterocycles. The lowest BCUT2D eigenvalue weighted by atomic mass is 9.85. The molecule has 0 radical (unpaired) electrons. The third kappa shape index (κ3) is 4.62. The van der Waals surface area contributed by atoms with Gasteiger partial charge in [0.2, 0.25) is 0 Å². The maximum atomic E-state index is 6.46. The van der Waals surface area contributed by atoms with Crippen LogP contribution in [0.4, 0.5) is 0 Å². The van der Waals surface area contributed by atoms with Gasteiger partial charge in [0.1, 0.15) is 19.2 Å². The minimum absolute atomic E-state index is 0.915. The van der Waals surface area contributed by atoms with Crippen LogP contribution in [0.1, 0.15) is 0 Å². The molecular weight excluding hydrogens is 765 g/mol. The predicted octanol–water partition coefficient (Wildman–Crippen LogP) is 15.8. The highest BCUT2D eigenvalue weighted by Gasteiger charge is 2.38. The highest BCUT2D eigenvalue weighted by Crippen LogP contribution is 2.46. The van der Waals surface area contributed by atoms with E-state index in [9.17, 15) is 0 Å². The Hall–Kier alpha value is -7.52. The first-order chi connectivity index (χ1) is 30.5. The molecule has 2 heteroatoms. The first-order valence-electron chi connectivity index (χ1n) is 21.7. The molecule has 2 heterocycles. The molecule has 0 amide bonds. The van der Waals surface area contributed by atoms with Crippen molar-refractivity contribution in [3.8, 4) is 33.4 Å². The molecule has 14 rings (SSSR count). The second-order valence-electron chi connectivity index (χ2n) is 18.0. The standard InChI is InChI=1S/C60H38OSi/c1-62(2)57-32-40(23-25-43(57)54-33-50-49-28-36-14-4-3-13-35(36)27-48(49)41-17-7-8-18-42(41)51(50)34-58(54)62)60-46-21-11-9-19-44(46)59(45-20-10-12-22-47(45)60)39-24-26-55-52(30-39)53-29-37-15-5-6-16-38(37)31-56(53)61-55/h3-34H,1-2H3. The molecule has 12 aromatic carbocycles. The largest absolute Gasteiger partial charge is 0.456 e. The van der Waals surface area contributed by atoms with Gasteiger partial charge < -0.3 is 4.42 Å².